The lowest BCUT2D eigenvalue weighted by Crippen LogP contribution is -2.61. The van der Waals surface area contributed by atoms with Gasteiger partial charge in [-0.15, -0.1) is 0 Å². The van der Waals surface area contributed by atoms with Gasteiger partial charge in [0, 0.05) is 11.8 Å². The van der Waals surface area contributed by atoms with Crippen molar-refractivity contribution < 1.29 is 19.4 Å². The van der Waals surface area contributed by atoms with Crippen molar-refractivity contribution in [3.63, 3.8) is 0 Å². The van der Waals surface area contributed by atoms with E-state index in [-0.39, 0.29) is 17.4 Å². The van der Waals surface area contributed by atoms with Gasteiger partial charge >= 0.3 is 5.97 Å². The highest BCUT2D eigenvalue weighted by Gasteiger charge is 2.62. The van der Waals surface area contributed by atoms with Crippen LogP contribution in [0.5, 0.6) is 11.5 Å². The van der Waals surface area contributed by atoms with E-state index in [9.17, 15) is 14.7 Å². The second kappa shape index (κ2) is 6.38. The van der Waals surface area contributed by atoms with Crippen molar-refractivity contribution >= 4 is 28.9 Å². The predicted molar refractivity (Wildman–Crippen MR) is 112 cm³/mol. The number of fused-ring (bicyclic) bond motifs is 1. The Morgan fingerprint density at radius 1 is 1.19 bits per heavy atom. The van der Waals surface area contributed by atoms with Crippen LogP contribution in [0.3, 0.4) is 0 Å². The fraction of sp³-hybridized carbons (Fsp3) is 0.500. The molecule has 5 aliphatic rings. The van der Waals surface area contributed by atoms with Crippen LogP contribution in [0, 0.1) is 17.3 Å². The molecule has 7 rings (SSSR count). The third kappa shape index (κ3) is 2.77. The first-order valence-corrected chi connectivity index (χ1v) is 10.9. The molecule has 0 saturated heterocycles. The number of aliphatic carboxylic acids is 1. The van der Waals surface area contributed by atoms with Crippen LogP contribution in [0.1, 0.15) is 38.5 Å². The number of benzene rings is 1. The number of nitrogens with one attached hydrogen (secondary N) is 1. The maximum absolute atomic E-state index is 13.3. The smallest absolute Gasteiger partial charge is 0.309 e. The third-order valence-corrected chi connectivity index (χ3v) is 7.87. The lowest BCUT2D eigenvalue weighted by atomic mass is 9.47. The molecule has 1 aliphatic heterocycles. The van der Waals surface area contributed by atoms with Gasteiger partial charge in [-0.1, -0.05) is 11.6 Å². The summed E-state index contributed by atoms with van der Waals surface area (Å²) in [5.74, 6) is 1.17. The van der Waals surface area contributed by atoms with Gasteiger partial charge < -0.3 is 19.9 Å². The zero-order valence-corrected chi connectivity index (χ0v) is 17.5. The summed E-state index contributed by atoms with van der Waals surface area (Å²) in [6, 6.07) is 5.37. The Balaban J connectivity index is 1.35. The van der Waals surface area contributed by atoms with Crippen molar-refractivity contribution in [3.05, 3.63) is 39.8 Å². The monoisotopic (exact) mass is 443 g/mol. The van der Waals surface area contributed by atoms with E-state index < -0.39 is 16.9 Å². The number of nitrogens with zero attached hydrogens (tertiary/aromatic N) is 2. The highest BCUT2D eigenvalue weighted by molar-refractivity contribution is 6.33. The van der Waals surface area contributed by atoms with E-state index in [2.05, 4.69) is 10.4 Å². The van der Waals surface area contributed by atoms with Crippen molar-refractivity contribution in [2.75, 3.05) is 12.1 Å². The molecule has 2 heterocycles. The Bertz CT molecular complexity index is 1150. The van der Waals surface area contributed by atoms with Gasteiger partial charge in [0.1, 0.15) is 5.02 Å². The van der Waals surface area contributed by atoms with Gasteiger partial charge in [-0.05, 0) is 62.5 Å². The molecule has 162 valence electrons. The van der Waals surface area contributed by atoms with Gasteiger partial charge in [0.15, 0.2) is 11.5 Å². The molecule has 4 fully saturated rings. The summed E-state index contributed by atoms with van der Waals surface area (Å²) < 4.78 is 12.2. The van der Waals surface area contributed by atoms with E-state index in [1.54, 1.807) is 18.3 Å². The van der Waals surface area contributed by atoms with Crippen LogP contribution in [0.2, 0.25) is 5.02 Å². The van der Waals surface area contributed by atoms with Crippen LogP contribution in [-0.4, -0.2) is 27.6 Å². The van der Waals surface area contributed by atoms with E-state index in [0.29, 0.717) is 54.0 Å². The van der Waals surface area contributed by atoms with Gasteiger partial charge in [0.2, 0.25) is 6.79 Å². The number of hydrogen-bond acceptors (Lipinski definition) is 6. The maximum atomic E-state index is 13.3. The first-order valence-electron chi connectivity index (χ1n) is 10.6. The molecule has 31 heavy (non-hydrogen) atoms. The molecule has 2 N–H and O–H groups in total. The molecule has 4 aliphatic carbocycles. The van der Waals surface area contributed by atoms with E-state index in [4.69, 9.17) is 21.1 Å². The number of carboxylic acid groups (broad SMARTS) is 1. The van der Waals surface area contributed by atoms with E-state index in [0.717, 1.165) is 19.3 Å². The summed E-state index contributed by atoms with van der Waals surface area (Å²) in [5, 5.41) is 17.7. The molecule has 8 nitrogen and oxygen atoms in total. The number of halogens is 1. The second-order valence-corrected chi connectivity index (χ2v) is 9.93. The van der Waals surface area contributed by atoms with Crippen molar-refractivity contribution in [2.24, 2.45) is 17.3 Å². The first kappa shape index (κ1) is 19.0. The Labute approximate surface area is 183 Å². The third-order valence-electron chi connectivity index (χ3n) is 7.50. The highest BCUT2D eigenvalue weighted by atomic mass is 35.5. The Morgan fingerprint density at radius 2 is 1.94 bits per heavy atom. The molecule has 9 heteroatoms. The SMILES string of the molecule is O=C(O)C12C[C@H]3C[C@@H](C1)CC(n1ncc(Nc4ccc5c(c4)OCO5)c(Cl)c1=O)(C3)C2. The van der Waals surface area contributed by atoms with E-state index in [1.165, 1.54) is 4.68 Å². The van der Waals surface area contributed by atoms with Crippen molar-refractivity contribution in [2.45, 2.75) is 44.1 Å². The van der Waals surface area contributed by atoms with Gasteiger partial charge in [-0.3, -0.25) is 9.59 Å². The zero-order valence-electron chi connectivity index (χ0n) is 16.8. The molecule has 2 unspecified atom stereocenters. The molecule has 1 aromatic heterocycles. The van der Waals surface area contributed by atoms with Crippen molar-refractivity contribution in [3.8, 4) is 11.5 Å². The molecule has 0 spiro atoms. The van der Waals surface area contributed by atoms with Gasteiger partial charge in [0.05, 0.1) is 22.8 Å². The fourth-order valence-electron chi connectivity index (χ4n) is 6.70. The standard InChI is InChI=1S/C22H22ClN3O5/c23-18-15(25-14-1-2-16-17(4-14)31-11-30-16)9-24-26(19(18)27)22-7-12-3-13(8-22)6-21(5-12,10-22)20(28)29/h1-2,4,9,12-13,25H,3,5-8,10-11H2,(H,28,29)/t12-,13+,21?,22?. The highest BCUT2D eigenvalue weighted by Crippen LogP contribution is 2.64. The average Bonchev–Trinajstić information content (AvgIpc) is 3.18. The van der Waals surface area contributed by atoms with Crippen molar-refractivity contribution in [1.82, 2.24) is 9.78 Å². The second-order valence-electron chi connectivity index (χ2n) is 9.55. The first-order chi connectivity index (χ1) is 14.9. The van der Waals surface area contributed by atoms with Crippen LogP contribution in [-0.2, 0) is 10.3 Å². The van der Waals surface area contributed by atoms with Crippen LogP contribution >= 0.6 is 11.6 Å². The lowest BCUT2D eigenvalue weighted by Gasteiger charge is -2.60. The van der Waals surface area contributed by atoms with Crippen LogP contribution in [0.25, 0.3) is 0 Å². The summed E-state index contributed by atoms with van der Waals surface area (Å²) >= 11 is 6.49. The topological polar surface area (TPSA) is 103 Å². The molecule has 0 radical (unpaired) electrons. The molecule has 4 atom stereocenters. The molecule has 4 bridgehead atoms. The van der Waals surface area contributed by atoms with Crippen LogP contribution in [0.15, 0.2) is 29.2 Å². The van der Waals surface area contributed by atoms with Gasteiger partial charge in [-0.2, -0.15) is 5.10 Å². The normalized spacial score (nSPS) is 32.3. The number of anilines is 2. The maximum Gasteiger partial charge on any atom is 0.309 e. The minimum absolute atomic E-state index is 0.0489. The minimum atomic E-state index is -0.749. The number of aromatic nitrogens is 2. The number of rotatable bonds is 4. The molecule has 4 saturated carbocycles. The predicted octanol–water partition coefficient (Wildman–Crippen LogP) is 3.75. The van der Waals surface area contributed by atoms with Gasteiger partial charge in [-0.25, -0.2) is 4.68 Å². The summed E-state index contributed by atoms with van der Waals surface area (Å²) in [6.45, 7) is 0.180. The molecule has 1 aromatic carbocycles. The van der Waals surface area contributed by atoms with E-state index in [1.807, 2.05) is 6.07 Å². The summed E-state index contributed by atoms with van der Waals surface area (Å²) in [7, 11) is 0. The summed E-state index contributed by atoms with van der Waals surface area (Å²) in [4.78, 5) is 25.4. The average molecular weight is 444 g/mol. The Hall–Kier alpha value is -2.74. The minimum Gasteiger partial charge on any atom is -0.481 e. The summed E-state index contributed by atoms with van der Waals surface area (Å²) in [5.41, 5.74) is -0.597. The number of hydrogen-bond donors (Lipinski definition) is 2. The largest absolute Gasteiger partial charge is 0.481 e. The van der Waals surface area contributed by atoms with E-state index >= 15 is 0 Å². The van der Waals surface area contributed by atoms with Crippen molar-refractivity contribution in [1.29, 1.82) is 0 Å². The molecule has 2 aromatic rings. The number of carbonyl (C=O) groups is 1. The number of carboxylic acids is 1. The van der Waals surface area contributed by atoms with Crippen LogP contribution < -0.4 is 20.3 Å². The van der Waals surface area contributed by atoms with Gasteiger partial charge in [0.25, 0.3) is 5.56 Å². The molecular formula is C22H22ClN3O5. The molecular weight excluding hydrogens is 422 g/mol. The molecule has 0 amide bonds. The Kier molecular flexibility index (Phi) is 3.91. The number of ether oxygens (including phenoxy) is 2. The summed E-state index contributed by atoms with van der Waals surface area (Å²) in [6.07, 6.45) is 6.02. The lowest BCUT2D eigenvalue weighted by molar-refractivity contribution is -0.173. The quantitative estimate of drug-likeness (QED) is 0.741. The van der Waals surface area contributed by atoms with Crippen LogP contribution in [0.4, 0.5) is 11.4 Å². The Morgan fingerprint density at radius 3 is 2.68 bits per heavy atom. The fourth-order valence-corrected chi connectivity index (χ4v) is 6.88. The zero-order chi connectivity index (χ0) is 21.4.